The number of hydrogen-bond acceptors (Lipinski definition) is 4. The quantitative estimate of drug-likeness (QED) is 0.866. The Morgan fingerprint density at radius 2 is 2.17 bits per heavy atom. The maximum absolute atomic E-state index is 12.5. The summed E-state index contributed by atoms with van der Waals surface area (Å²) in [6.45, 7) is 4.68. The van der Waals surface area contributed by atoms with E-state index in [0.29, 0.717) is 15.8 Å². The Morgan fingerprint density at radius 3 is 2.96 bits per heavy atom. The summed E-state index contributed by atoms with van der Waals surface area (Å²) < 4.78 is 0. The van der Waals surface area contributed by atoms with Gasteiger partial charge in [0.1, 0.15) is 9.88 Å². The molecule has 0 bridgehead atoms. The highest BCUT2D eigenvalue weighted by atomic mass is 35.5. The summed E-state index contributed by atoms with van der Waals surface area (Å²) in [5, 5.41) is 8.06. The smallest absolute Gasteiger partial charge is 0.263 e. The van der Waals surface area contributed by atoms with Crippen LogP contribution < -0.4 is 10.6 Å². The van der Waals surface area contributed by atoms with E-state index in [9.17, 15) is 4.79 Å². The molecule has 1 amide bonds. The van der Waals surface area contributed by atoms with Gasteiger partial charge in [-0.15, -0.1) is 11.3 Å². The van der Waals surface area contributed by atoms with Gasteiger partial charge in [-0.1, -0.05) is 30.2 Å². The fourth-order valence-corrected chi connectivity index (χ4v) is 4.02. The summed E-state index contributed by atoms with van der Waals surface area (Å²) in [5.74, 6) is 0.495. The van der Waals surface area contributed by atoms with Crippen molar-refractivity contribution in [2.45, 2.75) is 26.2 Å². The molecule has 0 aliphatic carbocycles. The van der Waals surface area contributed by atoms with Gasteiger partial charge in [0.15, 0.2) is 0 Å². The van der Waals surface area contributed by atoms with Gasteiger partial charge >= 0.3 is 0 Å². The van der Waals surface area contributed by atoms with Gasteiger partial charge in [-0.3, -0.25) is 4.79 Å². The van der Waals surface area contributed by atoms with Crippen molar-refractivity contribution in [2.24, 2.45) is 5.92 Å². The fourth-order valence-electron chi connectivity index (χ4n) is 2.91. The molecule has 1 atom stereocenters. The van der Waals surface area contributed by atoms with Crippen molar-refractivity contribution >= 4 is 28.8 Å². The molecule has 3 rings (SSSR count). The first-order valence-corrected chi connectivity index (χ1v) is 9.55. The number of thiazole rings is 1. The number of benzene rings is 1. The molecule has 128 valence electrons. The topological polar surface area (TPSA) is 54.0 Å². The summed E-state index contributed by atoms with van der Waals surface area (Å²) >= 11 is 7.36. The number of nitrogens with one attached hydrogen (secondary N) is 2. The average molecular weight is 364 g/mol. The second kappa shape index (κ2) is 8.10. The second-order valence-electron chi connectivity index (χ2n) is 6.22. The summed E-state index contributed by atoms with van der Waals surface area (Å²) in [6, 6.07) is 7.54. The van der Waals surface area contributed by atoms with Gasteiger partial charge < -0.3 is 10.6 Å². The Labute approximate surface area is 151 Å². The zero-order valence-corrected chi connectivity index (χ0v) is 15.3. The lowest BCUT2D eigenvalue weighted by molar-refractivity contribution is 0.0950. The first kappa shape index (κ1) is 17.4. The van der Waals surface area contributed by atoms with E-state index in [0.717, 1.165) is 35.9 Å². The third kappa shape index (κ3) is 4.35. The molecule has 6 heteroatoms. The Balaban J connectivity index is 1.65. The molecule has 1 saturated heterocycles. The van der Waals surface area contributed by atoms with Crippen molar-refractivity contribution in [3.05, 3.63) is 39.9 Å². The number of hydrogen-bond donors (Lipinski definition) is 2. The van der Waals surface area contributed by atoms with E-state index in [1.54, 1.807) is 0 Å². The van der Waals surface area contributed by atoms with Crippen LogP contribution in [0.25, 0.3) is 10.6 Å². The zero-order valence-electron chi connectivity index (χ0n) is 13.8. The number of rotatable bonds is 4. The molecule has 1 aromatic heterocycles. The van der Waals surface area contributed by atoms with Gasteiger partial charge in [0.2, 0.25) is 0 Å². The molecular formula is C18H22ClN3OS. The number of aryl methyl sites for hydroxylation is 1. The maximum atomic E-state index is 12.5. The summed E-state index contributed by atoms with van der Waals surface area (Å²) in [5.41, 5.74) is 1.76. The van der Waals surface area contributed by atoms with Crippen LogP contribution in [0.5, 0.6) is 0 Å². The normalized spacial score (nSPS) is 18.2. The second-order valence-corrected chi connectivity index (χ2v) is 7.65. The van der Waals surface area contributed by atoms with E-state index in [4.69, 9.17) is 11.6 Å². The molecule has 0 spiro atoms. The number of carbonyl (C=O) groups is 1. The Hall–Kier alpha value is -1.43. The lowest BCUT2D eigenvalue weighted by Crippen LogP contribution is -2.33. The first-order valence-electron chi connectivity index (χ1n) is 8.36. The number of amides is 1. The minimum absolute atomic E-state index is 0.0190. The molecule has 1 unspecified atom stereocenters. The number of aromatic nitrogens is 1. The molecule has 24 heavy (non-hydrogen) atoms. The minimum Gasteiger partial charge on any atom is -0.351 e. The first-order chi connectivity index (χ1) is 11.6. The van der Waals surface area contributed by atoms with Crippen LogP contribution >= 0.6 is 22.9 Å². The van der Waals surface area contributed by atoms with Crippen molar-refractivity contribution in [1.82, 2.24) is 15.6 Å². The average Bonchev–Trinajstić information content (AvgIpc) is 2.80. The molecule has 2 N–H and O–H groups in total. The predicted octanol–water partition coefficient (Wildman–Crippen LogP) is 3.89. The summed E-state index contributed by atoms with van der Waals surface area (Å²) in [6.07, 6.45) is 3.63. The maximum Gasteiger partial charge on any atom is 0.263 e. The van der Waals surface area contributed by atoms with E-state index in [2.05, 4.69) is 15.6 Å². The third-order valence-corrected chi connectivity index (χ3v) is 5.75. The van der Waals surface area contributed by atoms with Crippen molar-refractivity contribution in [1.29, 1.82) is 0 Å². The van der Waals surface area contributed by atoms with Gasteiger partial charge in [0, 0.05) is 17.1 Å². The van der Waals surface area contributed by atoms with Crippen LogP contribution in [0.2, 0.25) is 5.02 Å². The van der Waals surface area contributed by atoms with Crippen LogP contribution in [-0.2, 0) is 0 Å². The molecule has 2 heterocycles. The molecule has 1 fully saturated rings. The molecule has 1 aliphatic rings. The Morgan fingerprint density at radius 1 is 1.38 bits per heavy atom. The van der Waals surface area contributed by atoms with E-state index < -0.39 is 0 Å². The Kier molecular flexibility index (Phi) is 5.87. The molecule has 2 aromatic rings. The van der Waals surface area contributed by atoms with Crippen LogP contribution in [0.4, 0.5) is 0 Å². The van der Waals surface area contributed by atoms with Gasteiger partial charge in [0.25, 0.3) is 5.91 Å². The molecule has 1 aromatic carbocycles. The summed E-state index contributed by atoms with van der Waals surface area (Å²) in [4.78, 5) is 17.8. The van der Waals surface area contributed by atoms with Crippen LogP contribution in [0, 0.1) is 12.8 Å². The van der Waals surface area contributed by atoms with E-state index in [1.807, 2.05) is 31.2 Å². The van der Waals surface area contributed by atoms with Crippen LogP contribution in [-0.4, -0.2) is 30.5 Å². The van der Waals surface area contributed by atoms with Crippen LogP contribution in [0.15, 0.2) is 24.3 Å². The number of halogens is 1. The Bertz CT molecular complexity index is 691. The van der Waals surface area contributed by atoms with E-state index >= 15 is 0 Å². The van der Waals surface area contributed by atoms with Crippen molar-refractivity contribution in [3.8, 4) is 10.6 Å². The van der Waals surface area contributed by atoms with Crippen LogP contribution in [0.1, 0.15) is 34.6 Å². The highest BCUT2D eigenvalue weighted by Gasteiger charge is 2.18. The lowest BCUT2D eigenvalue weighted by atomic mass is 10.0. The van der Waals surface area contributed by atoms with Crippen molar-refractivity contribution in [3.63, 3.8) is 0 Å². The largest absolute Gasteiger partial charge is 0.351 e. The molecular weight excluding hydrogens is 342 g/mol. The minimum atomic E-state index is -0.0190. The standard InChI is InChI=1S/C18H22ClN3OS/c1-12-16(17(23)21-11-13-4-2-3-9-20-10-13)24-18(22-12)14-5-7-15(19)8-6-14/h5-8,13,20H,2-4,9-11H2,1H3,(H,21,23). The predicted molar refractivity (Wildman–Crippen MR) is 99.8 cm³/mol. The number of nitrogens with zero attached hydrogens (tertiary/aromatic N) is 1. The highest BCUT2D eigenvalue weighted by molar-refractivity contribution is 7.17. The highest BCUT2D eigenvalue weighted by Crippen LogP contribution is 2.28. The van der Waals surface area contributed by atoms with Gasteiger partial charge in [0.05, 0.1) is 5.69 Å². The molecule has 0 saturated carbocycles. The van der Waals surface area contributed by atoms with Gasteiger partial charge in [-0.2, -0.15) is 0 Å². The molecule has 1 aliphatic heterocycles. The summed E-state index contributed by atoms with van der Waals surface area (Å²) in [7, 11) is 0. The van der Waals surface area contributed by atoms with E-state index in [1.165, 1.54) is 30.6 Å². The molecule has 4 nitrogen and oxygen atoms in total. The molecule has 0 radical (unpaired) electrons. The van der Waals surface area contributed by atoms with Gasteiger partial charge in [-0.05, 0) is 50.9 Å². The van der Waals surface area contributed by atoms with Gasteiger partial charge in [-0.25, -0.2) is 4.98 Å². The third-order valence-electron chi connectivity index (χ3n) is 4.29. The zero-order chi connectivity index (χ0) is 16.9. The van der Waals surface area contributed by atoms with Crippen LogP contribution in [0.3, 0.4) is 0 Å². The SMILES string of the molecule is Cc1nc(-c2ccc(Cl)cc2)sc1C(=O)NCC1CCCCNC1. The number of carbonyl (C=O) groups excluding carboxylic acids is 1. The van der Waals surface area contributed by atoms with Crippen molar-refractivity contribution < 1.29 is 4.79 Å². The van der Waals surface area contributed by atoms with Crippen molar-refractivity contribution in [2.75, 3.05) is 19.6 Å². The fraction of sp³-hybridized carbons (Fsp3) is 0.444. The lowest BCUT2D eigenvalue weighted by Gasteiger charge is -2.14. The van der Waals surface area contributed by atoms with E-state index in [-0.39, 0.29) is 5.91 Å². The monoisotopic (exact) mass is 363 g/mol.